The largest absolute Gasteiger partial charge is 0.348 e. The van der Waals surface area contributed by atoms with Gasteiger partial charge in [-0.15, -0.1) is 0 Å². The Morgan fingerprint density at radius 2 is 1.57 bits per heavy atom. The van der Waals surface area contributed by atoms with Crippen molar-refractivity contribution < 1.29 is 4.79 Å². The van der Waals surface area contributed by atoms with Gasteiger partial charge in [0.15, 0.2) is 0 Å². The predicted octanol–water partition coefficient (Wildman–Crippen LogP) is 2.73. The van der Waals surface area contributed by atoms with Crippen molar-refractivity contribution >= 4 is 5.91 Å². The maximum absolute atomic E-state index is 12.2. The molecule has 0 radical (unpaired) electrons. The van der Waals surface area contributed by atoms with Crippen LogP contribution in [0.4, 0.5) is 0 Å². The molecule has 2 aromatic carbocycles. The number of amides is 1. The molecule has 3 N–H and O–H groups in total. The van der Waals surface area contributed by atoms with E-state index in [1.807, 2.05) is 38.1 Å². The normalized spacial score (nSPS) is 10.4. The Bertz CT molecular complexity index is 597. The lowest BCUT2D eigenvalue weighted by atomic mass is 10.1. The average molecular weight is 282 g/mol. The second kappa shape index (κ2) is 7.04. The summed E-state index contributed by atoms with van der Waals surface area (Å²) >= 11 is 0. The minimum absolute atomic E-state index is 0.0344. The fourth-order valence-electron chi connectivity index (χ4n) is 2.38. The number of carbonyl (C=O) groups is 1. The molecule has 0 unspecified atom stereocenters. The molecule has 1 amide bonds. The molecule has 2 aromatic rings. The number of aryl methyl sites for hydroxylation is 2. The Morgan fingerprint density at radius 3 is 2.14 bits per heavy atom. The third kappa shape index (κ3) is 4.43. The van der Waals surface area contributed by atoms with E-state index in [0.717, 1.165) is 23.1 Å². The van der Waals surface area contributed by atoms with E-state index in [4.69, 9.17) is 5.73 Å². The van der Waals surface area contributed by atoms with E-state index in [9.17, 15) is 4.79 Å². The monoisotopic (exact) mass is 282 g/mol. The first-order chi connectivity index (χ1) is 10.1. The zero-order chi connectivity index (χ0) is 15.2. The van der Waals surface area contributed by atoms with Crippen LogP contribution in [-0.2, 0) is 13.0 Å². The molecule has 21 heavy (non-hydrogen) atoms. The quantitative estimate of drug-likeness (QED) is 0.886. The predicted molar refractivity (Wildman–Crippen MR) is 86.3 cm³/mol. The Morgan fingerprint density at radius 1 is 1.00 bits per heavy atom. The zero-order valence-electron chi connectivity index (χ0n) is 12.6. The van der Waals surface area contributed by atoms with E-state index in [0.29, 0.717) is 18.7 Å². The molecule has 0 spiro atoms. The summed E-state index contributed by atoms with van der Waals surface area (Å²) in [5.41, 5.74) is 10.8. The molecule has 0 heterocycles. The second-order valence-electron chi connectivity index (χ2n) is 5.41. The van der Waals surface area contributed by atoms with E-state index >= 15 is 0 Å². The third-order valence-electron chi connectivity index (χ3n) is 3.39. The number of nitrogens with two attached hydrogens (primary N) is 1. The highest BCUT2D eigenvalue weighted by atomic mass is 16.1. The van der Waals surface area contributed by atoms with E-state index in [2.05, 4.69) is 23.5 Å². The summed E-state index contributed by atoms with van der Waals surface area (Å²) in [5, 5.41) is 2.96. The smallest absolute Gasteiger partial charge is 0.251 e. The number of rotatable bonds is 5. The van der Waals surface area contributed by atoms with E-state index in [1.165, 1.54) is 5.56 Å². The van der Waals surface area contributed by atoms with Crippen LogP contribution >= 0.6 is 0 Å². The highest BCUT2D eigenvalue weighted by molar-refractivity contribution is 5.94. The SMILES string of the molecule is Cc1cc(C)cc(C(=O)NCc2ccc(CCN)cc2)c1. The summed E-state index contributed by atoms with van der Waals surface area (Å²) in [6.07, 6.45) is 0.884. The molecule has 0 atom stereocenters. The lowest BCUT2D eigenvalue weighted by Crippen LogP contribution is -2.23. The van der Waals surface area contributed by atoms with E-state index in [1.54, 1.807) is 0 Å². The molecule has 110 valence electrons. The van der Waals surface area contributed by atoms with Gasteiger partial charge >= 0.3 is 0 Å². The number of benzene rings is 2. The van der Waals surface area contributed by atoms with Crippen molar-refractivity contribution in [1.82, 2.24) is 5.32 Å². The molecule has 0 aliphatic rings. The summed E-state index contributed by atoms with van der Waals surface area (Å²) in [6.45, 7) is 5.19. The Hall–Kier alpha value is -2.13. The molecular formula is C18H22N2O. The highest BCUT2D eigenvalue weighted by Gasteiger charge is 2.06. The van der Waals surface area contributed by atoms with Crippen LogP contribution in [0, 0.1) is 13.8 Å². The summed E-state index contributed by atoms with van der Waals surface area (Å²) in [7, 11) is 0. The molecule has 0 fully saturated rings. The minimum atomic E-state index is -0.0344. The average Bonchev–Trinajstić information content (AvgIpc) is 2.45. The second-order valence-corrected chi connectivity index (χ2v) is 5.41. The lowest BCUT2D eigenvalue weighted by Gasteiger charge is -2.08. The molecule has 3 nitrogen and oxygen atoms in total. The van der Waals surface area contributed by atoms with Gasteiger partial charge in [0.1, 0.15) is 0 Å². The summed E-state index contributed by atoms with van der Waals surface area (Å²) in [4.78, 5) is 12.2. The topological polar surface area (TPSA) is 55.1 Å². The molecule has 0 saturated carbocycles. The van der Waals surface area contributed by atoms with Gasteiger partial charge in [0.05, 0.1) is 0 Å². The van der Waals surface area contributed by atoms with Gasteiger partial charge in [0, 0.05) is 12.1 Å². The molecule has 0 aromatic heterocycles. The van der Waals surface area contributed by atoms with Gasteiger partial charge in [-0.2, -0.15) is 0 Å². The number of hydrogen-bond acceptors (Lipinski definition) is 2. The van der Waals surface area contributed by atoms with Crippen LogP contribution in [0.5, 0.6) is 0 Å². The number of nitrogens with one attached hydrogen (secondary N) is 1. The van der Waals surface area contributed by atoms with Crippen molar-refractivity contribution in [3.05, 3.63) is 70.3 Å². The van der Waals surface area contributed by atoms with Gasteiger partial charge in [0.25, 0.3) is 5.91 Å². The number of hydrogen-bond donors (Lipinski definition) is 2. The maximum atomic E-state index is 12.2. The molecule has 0 bridgehead atoms. The highest BCUT2D eigenvalue weighted by Crippen LogP contribution is 2.09. The Labute approximate surface area is 126 Å². The molecular weight excluding hydrogens is 260 g/mol. The summed E-state index contributed by atoms with van der Waals surface area (Å²) < 4.78 is 0. The van der Waals surface area contributed by atoms with Crippen molar-refractivity contribution in [2.45, 2.75) is 26.8 Å². The van der Waals surface area contributed by atoms with Gasteiger partial charge in [-0.25, -0.2) is 0 Å². The first kappa shape index (κ1) is 15.3. The first-order valence-corrected chi connectivity index (χ1v) is 7.23. The van der Waals surface area contributed by atoms with Crippen LogP contribution in [0.3, 0.4) is 0 Å². The fourth-order valence-corrected chi connectivity index (χ4v) is 2.38. The summed E-state index contributed by atoms with van der Waals surface area (Å²) in [5.74, 6) is -0.0344. The fraction of sp³-hybridized carbons (Fsp3) is 0.278. The zero-order valence-corrected chi connectivity index (χ0v) is 12.6. The van der Waals surface area contributed by atoms with Crippen molar-refractivity contribution in [3.8, 4) is 0 Å². The molecule has 0 saturated heterocycles. The molecule has 2 rings (SSSR count). The van der Waals surface area contributed by atoms with Crippen LogP contribution in [0.2, 0.25) is 0 Å². The van der Waals surface area contributed by atoms with Crippen molar-refractivity contribution in [2.24, 2.45) is 5.73 Å². The van der Waals surface area contributed by atoms with Gasteiger partial charge in [-0.1, -0.05) is 41.5 Å². The lowest BCUT2D eigenvalue weighted by molar-refractivity contribution is 0.0950. The standard InChI is InChI=1S/C18H22N2O/c1-13-9-14(2)11-17(10-13)18(21)20-12-16-5-3-15(4-6-16)7-8-19/h3-6,9-11H,7-8,12,19H2,1-2H3,(H,20,21). The third-order valence-corrected chi connectivity index (χ3v) is 3.39. The van der Waals surface area contributed by atoms with Crippen molar-refractivity contribution in [3.63, 3.8) is 0 Å². The maximum Gasteiger partial charge on any atom is 0.251 e. The number of carbonyl (C=O) groups excluding carboxylic acids is 1. The van der Waals surface area contributed by atoms with E-state index < -0.39 is 0 Å². The summed E-state index contributed by atoms with van der Waals surface area (Å²) in [6, 6.07) is 14.1. The Kier molecular flexibility index (Phi) is 5.12. The first-order valence-electron chi connectivity index (χ1n) is 7.23. The molecule has 3 heteroatoms. The van der Waals surface area contributed by atoms with Crippen molar-refractivity contribution in [1.29, 1.82) is 0 Å². The van der Waals surface area contributed by atoms with Gasteiger partial charge in [-0.3, -0.25) is 4.79 Å². The molecule has 0 aliphatic carbocycles. The Balaban J connectivity index is 1.97. The van der Waals surface area contributed by atoms with Gasteiger partial charge in [0.2, 0.25) is 0 Å². The molecule has 0 aliphatic heterocycles. The minimum Gasteiger partial charge on any atom is -0.348 e. The van der Waals surface area contributed by atoms with Crippen LogP contribution in [0.15, 0.2) is 42.5 Å². The van der Waals surface area contributed by atoms with Gasteiger partial charge < -0.3 is 11.1 Å². The van der Waals surface area contributed by atoms with Crippen LogP contribution < -0.4 is 11.1 Å². The van der Waals surface area contributed by atoms with Gasteiger partial charge in [-0.05, 0) is 50.1 Å². The van der Waals surface area contributed by atoms with Crippen LogP contribution in [0.1, 0.15) is 32.6 Å². The van der Waals surface area contributed by atoms with E-state index in [-0.39, 0.29) is 5.91 Å². The van der Waals surface area contributed by atoms with Crippen LogP contribution in [-0.4, -0.2) is 12.5 Å². The van der Waals surface area contributed by atoms with Crippen molar-refractivity contribution in [2.75, 3.05) is 6.54 Å². The van der Waals surface area contributed by atoms with Crippen LogP contribution in [0.25, 0.3) is 0 Å².